The lowest BCUT2D eigenvalue weighted by atomic mass is 10.4. The van der Waals surface area contributed by atoms with Crippen LogP contribution in [-0.4, -0.2) is 12.0 Å². The Bertz CT molecular complexity index is 95.0. The molecule has 0 spiro atoms. The lowest BCUT2D eigenvalue weighted by Gasteiger charge is -1.95. The topological polar surface area (TPSA) is 26.3 Å². The van der Waals surface area contributed by atoms with Gasteiger partial charge in [-0.1, -0.05) is 6.58 Å². The van der Waals surface area contributed by atoms with E-state index < -0.39 is 5.43 Å². The summed E-state index contributed by atoms with van der Waals surface area (Å²) in [5.74, 6) is 0. The Morgan fingerprint density at radius 2 is 2.38 bits per heavy atom. The number of halogens is 1. The van der Waals surface area contributed by atoms with Crippen molar-refractivity contribution < 1.29 is 9.53 Å². The van der Waals surface area contributed by atoms with Crippen molar-refractivity contribution in [1.29, 1.82) is 0 Å². The van der Waals surface area contributed by atoms with Crippen LogP contribution in [0, 0.1) is 0 Å². The van der Waals surface area contributed by atoms with Crippen LogP contribution in [0.2, 0.25) is 0 Å². The highest BCUT2D eigenvalue weighted by atomic mass is 35.5. The van der Waals surface area contributed by atoms with Gasteiger partial charge in [-0.15, -0.1) is 0 Å². The fourth-order valence-electron chi connectivity index (χ4n) is 0.180. The summed E-state index contributed by atoms with van der Waals surface area (Å²) in [4.78, 5) is 9.85. The summed E-state index contributed by atoms with van der Waals surface area (Å²) in [5, 5.41) is 0. The van der Waals surface area contributed by atoms with Gasteiger partial charge in [0.25, 0.3) is 0 Å². The smallest absolute Gasteiger partial charge is 0.404 e. The van der Waals surface area contributed by atoms with E-state index in [1.54, 1.807) is 6.92 Å². The zero-order valence-corrected chi connectivity index (χ0v) is 5.36. The van der Waals surface area contributed by atoms with E-state index in [1.165, 1.54) is 0 Å². The second-order valence-corrected chi connectivity index (χ2v) is 1.79. The molecule has 2 nitrogen and oxygen atoms in total. The van der Waals surface area contributed by atoms with Crippen LogP contribution < -0.4 is 0 Å². The van der Waals surface area contributed by atoms with Crippen LogP contribution in [0.4, 0.5) is 4.79 Å². The molecular weight excluding hydrogens is 128 g/mol. The quantitative estimate of drug-likeness (QED) is 0.426. The predicted molar refractivity (Wildman–Crippen MR) is 32.0 cm³/mol. The Hall–Kier alpha value is -0.500. The van der Waals surface area contributed by atoms with E-state index in [2.05, 4.69) is 11.3 Å². The van der Waals surface area contributed by atoms with Crippen LogP contribution in [0.1, 0.15) is 6.92 Å². The van der Waals surface area contributed by atoms with Crippen LogP contribution in [0.15, 0.2) is 12.2 Å². The maximum absolute atomic E-state index is 9.85. The van der Waals surface area contributed by atoms with Gasteiger partial charge in [0.15, 0.2) is 0 Å². The Morgan fingerprint density at radius 1 is 1.88 bits per heavy atom. The molecule has 0 unspecified atom stereocenters. The minimum absolute atomic E-state index is 0.211. The van der Waals surface area contributed by atoms with E-state index in [9.17, 15) is 4.79 Å². The summed E-state index contributed by atoms with van der Waals surface area (Å²) in [6.07, 6.45) is 0. The predicted octanol–water partition coefficient (Wildman–Crippen LogP) is 1.94. The van der Waals surface area contributed by atoms with Crippen molar-refractivity contribution in [1.82, 2.24) is 0 Å². The summed E-state index contributed by atoms with van der Waals surface area (Å²) in [7, 11) is 0. The van der Waals surface area contributed by atoms with E-state index in [1.807, 2.05) is 0 Å². The number of ether oxygens (including phenoxy) is 1. The Balaban J connectivity index is 3.18. The molecule has 0 saturated heterocycles. The molecule has 0 aliphatic rings. The fourth-order valence-corrected chi connectivity index (χ4v) is 0.234. The third kappa shape index (κ3) is 5.50. The molecule has 46 valence electrons. The largest absolute Gasteiger partial charge is 0.449 e. The Labute approximate surface area is 53.1 Å². The molecule has 0 aliphatic heterocycles. The molecule has 0 amide bonds. The van der Waals surface area contributed by atoms with Crippen molar-refractivity contribution in [3.05, 3.63) is 12.2 Å². The summed E-state index contributed by atoms with van der Waals surface area (Å²) in [5.41, 5.74) is -0.00741. The van der Waals surface area contributed by atoms with Crippen LogP contribution in [0.3, 0.4) is 0 Å². The average molecular weight is 135 g/mol. The summed E-state index contributed by atoms with van der Waals surface area (Å²) < 4.78 is 4.33. The Morgan fingerprint density at radius 3 is 2.50 bits per heavy atom. The number of hydrogen-bond acceptors (Lipinski definition) is 2. The first-order chi connectivity index (χ1) is 3.63. The van der Waals surface area contributed by atoms with E-state index in [4.69, 9.17) is 11.6 Å². The first-order valence-corrected chi connectivity index (χ1v) is 2.47. The summed E-state index contributed by atoms with van der Waals surface area (Å²) in [6, 6.07) is 0. The zero-order chi connectivity index (χ0) is 6.57. The van der Waals surface area contributed by atoms with Gasteiger partial charge in [0.1, 0.15) is 6.61 Å². The van der Waals surface area contributed by atoms with Gasteiger partial charge in [-0.25, -0.2) is 4.79 Å². The van der Waals surface area contributed by atoms with Gasteiger partial charge in [0, 0.05) is 11.6 Å². The minimum atomic E-state index is -0.784. The van der Waals surface area contributed by atoms with Crippen molar-refractivity contribution in [3.8, 4) is 0 Å². The van der Waals surface area contributed by atoms with E-state index in [0.717, 1.165) is 5.57 Å². The van der Waals surface area contributed by atoms with Crippen molar-refractivity contribution in [3.63, 3.8) is 0 Å². The summed E-state index contributed by atoms with van der Waals surface area (Å²) >= 11 is 4.82. The van der Waals surface area contributed by atoms with Crippen molar-refractivity contribution in [2.24, 2.45) is 0 Å². The van der Waals surface area contributed by atoms with Crippen LogP contribution in [-0.2, 0) is 4.74 Å². The monoisotopic (exact) mass is 134 g/mol. The minimum Gasteiger partial charge on any atom is -0.449 e. The van der Waals surface area contributed by atoms with Gasteiger partial charge in [0.2, 0.25) is 0 Å². The molecule has 0 aromatic heterocycles. The number of carbonyl (C=O) groups excluding carboxylic acids is 1. The lowest BCUT2D eigenvalue weighted by molar-refractivity contribution is 0.183. The Kier molecular flexibility index (Phi) is 3.28. The van der Waals surface area contributed by atoms with Crippen LogP contribution in [0.25, 0.3) is 0 Å². The average Bonchev–Trinajstić information content (AvgIpc) is 1.61. The molecule has 0 saturated carbocycles. The van der Waals surface area contributed by atoms with Crippen molar-refractivity contribution in [2.45, 2.75) is 6.92 Å². The maximum Gasteiger partial charge on any atom is 0.404 e. The van der Waals surface area contributed by atoms with Crippen molar-refractivity contribution >= 4 is 17.0 Å². The van der Waals surface area contributed by atoms with Gasteiger partial charge in [0.05, 0.1) is 0 Å². The van der Waals surface area contributed by atoms with E-state index in [0.29, 0.717) is 0 Å². The lowest BCUT2D eigenvalue weighted by Crippen LogP contribution is -1.95. The first kappa shape index (κ1) is 7.50. The van der Waals surface area contributed by atoms with Gasteiger partial charge in [-0.05, 0) is 12.5 Å². The molecule has 0 aliphatic carbocycles. The molecule has 0 atom stereocenters. The number of rotatable bonds is 2. The standard InChI is InChI=1S/C5H7ClO2/c1-4(2)3-8-5(6)7/h1,3H2,2H3. The second kappa shape index (κ2) is 3.50. The summed E-state index contributed by atoms with van der Waals surface area (Å²) in [6.45, 7) is 5.45. The van der Waals surface area contributed by atoms with Crippen molar-refractivity contribution in [2.75, 3.05) is 6.61 Å². The molecule has 8 heavy (non-hydrogen) atoms. The molecule has 0 heterocycles. The molecule has 0 rings (SSSR count). The second-order valence-electron chi connectivity index (χ2n) is 1.48. The maximum atomic E-state index is 9.85. The highest BCUT2D eigenvalue weighted by molar-refractivity contribution is 6.61. The number of carbonyl (C=O) groups is 1. The van der Waals surface area contributed by atoms with E-state index >= 15 is 0 Å². The van der Waals surface area contributed by atoms with Gasteiger partial charge in [-0.3, -0.25) is 0 Å². The van der Waals surface area contributed by atoms with Crippen LogP contribution >= 0.6 is 11.6 Å². The zero-order valence-electron chi connectivity index (χ0n) is 4.61. The molecule has 0 N–H and O–H groups in total. The first-order valence-electron chi connectivity index (χ1n) is 2.09. The van der Waals surface area contributed by atoms with Gasteiger partial charge in [-0.2, -0.15) is 0 Å². The third-order valence-corrected chi connectivity index (χ3v) is 0.541. The highest BCUT2D eigenvalue weighted by Gasteiger charge is 1.92. The van der Waals surface area contributed by atoms with Crippen LogP contribution in [0.5, 0.6) is 0 Å². The highest BCUT2D eigenvalue weighted by Crippen LogP contribution is 1.91. The molecule has 3 heteroatoms. The van der Waals surface area contributed by atoms with Gasteiger partial charge >= 0.3 is 5.43 Å². The molecule has 0 bridgehead atoms. The van der Waals surface area contributed by atoms with E-state index in [-0.39, 0.29) is 6.61 Å². The normalized spacial score (nSPS) is 8.25. The molecule has 0 aromatic rings. The van der Waals surface area contributed by atoms with Gasteiger partial charge < -0.3 is 4.74 Å². The third-order valence-electron chi connectivity index (χ3n) is 0.432. The molecular formula is C5H7ClO2. The molecule has 0 radical (unpaired) electrons. The fraction of sp³-hybridized carbons (Fsp3) is 0.400. The molecule has 0 fully saturated rings. The SMILES string of the molecule is C=C(C)COC(=O)Cl. The number of hydrogen-bond donors (Lipinski definition) is 0. The molecule has 0 aromatic carbocycles.